The van der Waals surface area contributed by atoms with Crippen LogP contribution >= 0.6 is 11.3 Å². The lowest BCUT2D eigenvalue weighted by atomic mass is 10.1. The molecule has 18 heavy (non-hydrogen) atoms. The number of rotatable bonds is 3. The molecule has 0 aliphatic carbocycles. The molecule has 0 radical (unpaired) electrons. The van der Waals surface area contributed by atoms with Gasteiger partial charge in [0, 0.05) is 30.9 Å². The summed E-state index contributed by atoms with van der Waals surface area (Å²) in [5.41, 5.74) is -0.302. The number of hydrogen-bond donors (Lipinski definition) is 2. The molecular formula is C11H13F3N2OS. The number of thiophene rings is 1. The average Bonchev–Trinajstić information content (AvgIpc) is 2.76. The highest BCUT2D eigenvalue weighted by molar-refractivity contribution is 7.08. The summed E-state index contributed by atoms with van der Waals surface area (Å²) < 4.78 is 37.9. The molecule has 0 aromatic carbocycles. The second kappa shape index (κ2) is 5.27. The van der Waals surface area contributed by atoms with Gasteiger partial charge in [0.1, 0.15) is 0 Å². The Labute approximate surface area is 106 Å². The van der Waals surface area contributed by atoms with Crippen molar-refractivity contribution in [2.75, 3.05) is 6.54 Å². The first-order valence-corrected chi connectivity index (χ1v) is 6.53. The van der Waals surface area contributed by atoms with Crippen LogP contribution in [0.15, 0.2) is 10.8 Å². The van der Waals surface area contributed by atoms with Gasteiger partial charge in [-0.25, -0.2) is 0 Å². The van der Waals surface area contributed by atoms with Gasteiger partial charge in [0.25, 0.3) is 0 Å². The van der Waals surface area contributed by atoms with Crippen molar-refractivity contribution in [2.45, 2.75) is 31.6 Å². The van der Waals surface area contributed by atoms with Gasteiger partial charge in [-0.2, -0.15) is 24.5 Å². The number of carbonyl (C=O) groups is 1. The lowest BCUT2D eigenvalue weighted by Crippen LogP contribution is -2.45. The summed E-state index contributed by atoms with van der Waals surface area (Å²) in [6.07, 6.45) is -3.21. The van der Waals surface area contributed by atoms with Gasteiger partial charge in [0.05, 0.1) is 5.56 Å². The van der Waals surface area contributed by atoms with E-state index in [1.54, 1.807) is 0 Å². The quantitative estimate of drug-likeness (QED) is 0.889. The van der Waals surface area contributed by atoms with Crippen LogP contribution in [0.2, 0.25) is 0 Å². The summed E-state index contributed by atoms with van der Waals surface area (Å²) in [6.45, 7) is 0.656. The Bertz CT molecular complexity index is 420. The number of carbonyl (C=O) groups excluding carboxylic acids is 1. The van der Waals surface area contributed by atoms with Gasteiger partial charge in [-0.15, -0.1) is 0 Å². The van der Waals surface area contributed by atoms with Gasteiger partial charge in [0.15, 0.2) is 0 Å². The average molecular weight is 278 g/mol. The van der Waals surface area contributed by atoms with Crippen molar-refractivity contribution < 1.29 is 18.0 Å². The van der Waals surface area contributed by atoms with Gasteiger partial charge in [0.2, 0.25) is 5.91 Å². The first-order chi connectivity index (χ1) is 8.47. The number of amides is 1. The molecule has 100 valence electrons. The van der Waals surface area contributed by atoms with Crippen molar-refractivity contribution in [3.05, 3.63) is 21.9 Å². The molecule has 2 heterocycles. The molecule has 1 aliphatic heterocycles. The van der Waals surface area contributed by atoms with Gasteiger partial charge < -0.3 is 10.6 Å². The number of piperidine rings is 1. The molecule has 1 amide bonds. The summed E-state index contributed by atoms with van der Waals surface area (Å²) in [7, 11) is 0. The zero-order valence-electron chi connectivity index (χ0n) is 9.51. The fraction of sp³-hybridized carbons (Fsp3) is 0.545. The fourth-order valence-electron chi connectivity index (χ4n) is 1.87. The zero-order chi connectivity index (χ0) is 13.2. The molecule has 2 N–H and O–H groups in total. The van der Waals surface area contributed by atoms with E-state index in [0.717, 1.165) is 16.7 Å². The van der Waals surface area contributed by atoms with E-state index in [1.165, 1.54) is 5.38 Å². The van der Waals surface area contributed by atoms with Crippen LogP contribution in [0.25, 0.3) is 0 Å². The van der Waals surface area contributed by atoms with E-state index < -0.39 is 11.7 Å². The largest absolute Gasteiger partial charge is 0.417 e. The standard InChI is InChI=1S/C11H13F3N2OS/c12-11(13,14)9-6-18-5-7(9)3-15-8-1-2-10(17)16-4-8/h5-6,8,15H,1-4H2,(H,16,17). The predicted molar refractivity (Wildman–Crippen MR) is 62.2 cm³/mol. The summed E-state index contributed by atoms with van der Waals surface area (Å²) in [5.74, 6) is -0.000404. The lowest BCUT2D eigenvalue weighted by Gasteiger charge is -2.23. The van der Waals surface area contributed by atoms with E-state index in [0.29, 0.717) is 19.4 Å². The highest BCUT2D eigenvalue weighted by Crippen LogP contribution is 2.34. The summed E-state index contributed by atoms with van der Waals surface area (Å²) in [5, 5.41) is 8.37. The minimum absolute atomic E-state index is 0.000404. The molecule has 3 nitrogen and oxygen atoms in total. The molecular weight excluding hydrogens is 265 g/mol. The van der Waals surface area contributed by atoms with E-state index in [-0.39, 0.29) is 24.1 Å². The molecule has 1 unspecified atom stereocenters. The maximum atomic E-state index is 12.6. The Balaban J connectivity index is 1.91. The first-order valence-electron chi connectivity index (χ1n) is 5.59. The van der Waals surface area contributed by atoms with Gasteiger partial charge in [-0.05, 0) is 17.4 Å². The third-order valence-electron chi connectivity index (χ3n) is 2.89. The topological polar surface area (TPSA) is 41.1 Å². The van der Waals surface area contributed by atoms with Crippen molar-refractivity contribution in [2.24, 2.45) is 0 Å². The normalized spacial score (nSPS) is 20.8. The second-order valence-corrected chi connectivity index (χ2v) is 4.97. The molecule has 0 spiro atoms. The third kappa shape index (κ3) is 3.23. The van der Waals surface area contributed by atoms with Crippen LogP contribution in [0.3, 0.4) is 0 Å². The third-order valence-corrected chi connectivity index (χ3v) is 3.69. The van der Waals surface area contributed by atoms with Crippen LogP contribution in [0.4, 0.5) is 13.2 Å². The Morgan fingerprint density at radius 3 is 2.83 bits per heavy atom. The van der Waals surface area contributed by atoms with Crippen LogP contribution in [0, 0.1) is 0 Å². The number of hydrogen-bond acceptors (Lipinski definition) is 3. The Morgan fingerprint density at radius 2 is 2.22 bits per heavy atom. The first kappa shape index (κ1) is 13.4. The van der Waals surface area contributed by atoms with E-state index >= 15 is 0 Å². The highest BCUT2D eigenvalue weighted by Gasteiger charge is 2.34. The van der Waals surface area contributed by atoms with Gasteiger partial charge in [-0.3, -0.25) is 4.79 Å². The second-order valence-electron chi connectivity index (χ2n) is 4.23. The number of alkyl halides is 3. The van der Waals surface area contributed by atoms with E-state index in [4.69, 9.17) is 0 Å². The molecule has 1 saturated heterocycles. The molecule has 1 aliphatic rings. The minimum atomic E-state index is -4.29. The van der Waals surface area contributed by atoms with Crippen molar-refractivity contribution in [1.82, 2.24) is 10.6 Å². The van der Waals surface area contributed by atoms with E-state index in [9.17, 15) is 18.0 Å². The number of halogens is 3. The summed E-state index contributed by atoms with van der Waals surface area (Å²) >= 11 is 1.05. The molecule has 2 rings (SSSR count). The molecule has 1 fully saturated rings. The predicted octanol–water partition coefficient (Wildman–Crippen LogP) is 2.14. The molecule has 1 aromatic heterocycles. The van der Waals surface area contributed by atoms with E-state index in [1.807, 2.05) is 0 Å². The van der Waals surface area contributed by atoms with Crippen LogP contribution < -0.4 is 10.6 Å². The van der Waals surface area contributed by atoms with Gasteiger partial charge in [-0.1, -0.05) is 0 Å². The lowest BCUT2D eigenvalue weighted by molar-refractivity contribution is -0.137. The Morgan fingerprint density at radius 1 is 1.44 bits per heavy atom. The number of nitrogens with one attached hydrogen (secondary N) is 2. The summed E-state index contributed by atoms with van der Waals surface area (Å²) in [6, 6.07) is 0.0451. The zero-order valence-corrected chi connectivity index (χ0v) is 10.3. The monoisotopic (exact) mass is 278 g/mol. The maximum Gasteiger partial charge on any atom is 0.417 e. The van der Waals surface area contributed by atoms with Crippen LogP contribution in [0.5, 0.6) is 0 Å². The Hall–Kier alpha value is -1.08. The summed E-state index contributed by atoms with van der Waals surface area (Å²) in [4.78, 5) is 10.9. The van der Waals surface area contributed by atoms with Crippen LogP contribution in [0.1, 0.15) is 24.0 Å². The fourth-order valence-corrected chi connectivity index (χ4v) is 2.73. The smallest absolute Gasteiger partial charge is 0.355 e. The van der Waals surface area contributed by atoms with Gasteiger partial charge >= 0.3 is 6.18 Å². The van der Waals surface area contributed by atoms with Crippen molar-refractivity contribution >= 4 is 17.2 Å². The Kier molecular flexibility index (Phi) is 3.91. The molecule has 1 aromatic rings. The molecule has 7 heteroatoms. The maximum absolute atomic E-state index is 12.6. The SMILES string of the molecule is O=C1CCC(NCc2cscc2C(F)(F)F)CN1. The van der Waals surface area contributed by atoms with Crippen molar-refractivity contribution in [3.63, 3.8) is 0 Å². The van der Waals surface area contributed by atoms with Crippen molar-refractivity contribution in [3.8, 4) is 0 Å². The highest BCUT2D eigenvalue weighted by atomic mass is 32.1. The van der Waals surface area contributed by atoms with Crippen LogP contribution in [-0.4, -0.2) is 18.5 Å². The van der Waals surface area contributed by atoms with Crippen LogP contribution in [-0.2, 0) is 17.5 Å². The molecule has 0 saturated carbocycles. The molecule has 0 bridgehead atoms. The van der Waals surface area contributed by atoms with Crippen molar-refractivity contribution in [1.29, 1.82) is 0 Å². The van der Waals surface area contributed by atoms with E-state index in [2.05, 4.69) is 10.6 Å². The minimum Gasteiger partial charge on any atom is -0.355 e. The molecule has 1 atom stereocenters.